The van der Waals surface area contributed by atoms with Gasteiger partial charge in [-0.05, 0) is 115 Å². The Kier molecular flexibility index (Phi) is 6.47. The van der Waals surface area contributed by atoms with Crippen LogP contribution in [0, 0.1) is 0 Å². The van der Waals surface area contributed by atoms with Gasteiger partial charge in [-0.2, -0.15) is 0 Å². The van der Waals surface area contributed by atoms with E-state index in [4.69, 9.17) is 0 Å². The molecule has 0 atom stereocenters. The maximum absolute atomic E-state index is 2.55. The summed E-state index contributed by atoms with van der Waals surface area (Å²) in [5.74, 6) is 0. The molecule has 0 saturated carbocycles. The molecule has 58 heavy (non-hydrogen) atoms. The number of aromatic nitrogens is 2. The largest absolute Gasteiger partial charge is 0.305 e. The van der Waals surface area contributed by atoms with Gasteiger partial charge in [-0.15, -0.1) is 0 Å². The molecule has 0 spiro atoms. The van der Waals surface area contributed by atoms with Crippen LogP contribution in [-0.4, -0.2) is 8.80 Å². The molecule has 0 radical (unpaired) electrons. The van der Waals surface area contributed by atoms with Crippen molar-refractivity contribution < 1.29 is 0 Å². The van der Waals surface area contributed by atoms with Gasteiger partial charge in [0.1, 0.15) is 0 Å². The molecule has 0 unspecified atom stereocenters. The first-order chi connectivity index (χ1) is 28.8. The van der Waals surface area contributed by atoms with E-state index in [0.717, 1.165) is 0 Å². The molecule has 10 aromatic carbocycles. The minimum Gasteiger partial charge on any atom is -0.305 e. The normalized spacial score (nSPS) is 12.1. The Hall–Kier alpha value is -7.68. The van der Waals surface area contributed by atoms with Gasteiger partial charge < -0.3 is 8.80 Å². The number of hydrogen-bond acceptors (Lipinski definition) is 0. The summed E-state index contributed by atoms with van der Waals surface area (Å²) < 4.78 is 5.10. The zero-order valence-corrected chi connectivity index (χ0v) is 31.5. The molecule has 0 amide bonds. The van der Waals surface area contributed by atoms with Crippen molar-refractivity contribution in [2.24, 2.45) is 0 Å². The van der Waals surface area contributed by atoms with Gasteiger partial charge in [-0.3, -0.25) is 0 Å². The van der Waals surface area contributed by atoms with E-state index < -0.39 is 0 Å². The third-order valence-corrected chi connectivity index (χ3v) is 12.6. The van der Waals surface area contributed by atoms with Gasteiger partial charge in [0.25, 0.3) is 0 Å². The van der Waals surface area contributed by atoms with Crippen LogP contribution < -0.4 is 0 Å². The summed E-state index contributed by atoms with van der Waals surface area (Å²) in [6, 6.07) is 76.3. The van der Waals surface area contributed by atoms with Crippen molar-refractivity contribution in [3.05, 3.63) is 206 Å². The van der Waals surface area contributed by atoms with Crippen molar-refractivity contribution in [2.45, 2.75) is 0 Å². The third kappa shape index (κ3) is 4.43. The Morgan fingerprint density at radius 2 is 0.603 bits per heavy atom. The lowest BCUT2D eigenvalue weighted by Crippen LogP contribution is -1.98. The molecule has 2 heteroatoms. The summed E-state index contributed by atoms with van der Waals surface area (Å²) in [5, 5.41) is 10.1. The van der Waals surface area contributed by atoms with Crippen molar-refractivity contribution in [3.8, 4) is 44.5 Å². The summed E-state index contributed by atoms with van der Waals surface area (Å²) in [7, 11) is 0. The quantitative estimate of drug-likeness (QED) is 0.159. The molecule has 3 heterocycles. The molecule has 0 saturated heterocycles. The van der Waals surface area contributed by atoms with Crippen molar-refractivity contribution >= 4 is 76.2 Å². The average molecular weight is 735 g/mol. The van der Waals surface area contributed by atoms with Gasteiger partial charge in [-0.25, -0.2) is 0 Å². The van der Waals surface area contributed by atoms with E-state index in [1.54, 1.807) is 0 Å². The average Bonchev–Trinajstić information content (AvgIpc) is 3.82. The van der Waals surface area contributed by atoms with Crippen LogP contribution in [0.2, 0.25) is 0 Å². The van der Waals surface area contributed by atoms with E-state index in [0.29, 0.717) is 0 Å². The van der Waals surface area contributed by atoms with Gasteiger partial charge in [0, 0.05) is 21.5 Å². The lowest BCUT2D eigenvalue weighted by atomic mass is 9.96. The second kappa shape index (κ2) is 11.9. The van der Waals surface area contributed by atoms with Gasteiger partial charge in [0.15, 0.2) is 0 Å². The summed E-state index contributed by atoms with van der Waals surface area (Å²) >= 11 is 0. The second-order valence-electron chi connectivity index (χ2n) is 15.7. The predicted molar refractivity (Wildman–Crippen MR) is 246 cm³/mol. The minimum absolute atomic E-state index is 1.20. The summed E-state index contributed by atoms with van der Waals surface area (Å²) in [4.78, 5) is 0. The molecule has 0 aliphatic carbocycles. The van der Waals surface area contributed by atoms with Crippen LogP contribution in [0.25, 0.3) is 121 Å². The molecule has 0 aliphatic heterocycles. The first-order valence-electron chi connectivity index (χ1n) is 20.1. The van der Waals surface area contributed by atoms with E-state index >= 15 is 0 Å². The van der Waals surface area contributed by atoms with E-state index in [-0.39, 0.29) is 0 Å². The van der Waals surface area contributed by atoms with E-state index in [1.165, 1.54) is 121 Å². The Balaban J connectivity index is 1.18. The summed E-state index contributed by atoms with van der Waals surface area (Å²) in [6.45, 7) is 0. The first kappa shape index (κ1) is 31.5. The highest BCUT2D eigenvalue weighted by Crippen LogP contribution is 2.47. The molecular formula is C56H34N2. The van der Waals surface area contributed by atoms with Crippen molar-refractivity contribution in [1.29, 1.82) is 0 Å². The fourth-order valence-electron chi connectivity index (χ4n) is 9.94. The van der Waals surface area contributed by atoms with Crippen LogP contribution in [0.5, 0.6) is 0 Å². The molecule has 3 aromatic heterocycles. The van der Waals surface area contributed by atoms with Crippen LogP contribution in [0.3, 0.4) is 0 Å². The maximum atomic E-state index is 2.55. The highest BCUT2D eigenvalue weighted by atomic mass is 15.0. The van der Waals surface area contributed by atoms with Gasteiger partial charge in [0.2, 0.25) is 0 Å². The van der Waals surface area contributed by atoms with Gasteiger partial charge in [-0.1, -0.05) is 158 Å². The molecule has 0 aliphatic rings. The molecular weight excluding hydrogens is 701 g/mol. The van der Waals surface area contributed by atoms with Crippen LogP contribution in [0.1, 0.15) is 0 Å². The Morgan fingerprint density at radius 3 is 1.05 bits per heavy atom. The van der Waals surface area contributed by atoms with Crippen molar-refractivity contribution in [3.63, 3.8) is 0 Å². The summed E-state index contributed by atoms with van der Waals surface area (Å²) in [6.07, 6.45) is 0. The molecule has 268 valence electrons. The lowest BCUT2D eigenvalue weighted by molar-refractivity contribution is 1.26. The van der Waals surface area contributed by atoms with E-state index in [1.807, 2.05) is 0 Å². The van der Waals surface area contributed by atoms with Gasteiger partial charge >= 0.3 is 0 Å². The van der Waals surface area contributed by atoms with Gasteiger partial charge in [0.05, 0.1) is 33.1 Å². The fraction of sp³-hybridized carbons (Fsp3) is 0. The van der Waals surface area contributed by atoms with Crippen molar-refractivity contribution in [1.82, 2.24) is 8.80 Å². The van der Waals surface area contributed by atoms with Crippen LogP contribution >= 0.6 is 0 Å². The highest BCUT2D eigenvalue weighted by Gasteiger charge is 2.25. The zero-order valence-electron chi connectivity index (χ0n) is 31.5. The number of hydrogen-bond donors (Lipinski definition) is 0. The fourth-order valence-corrected chi connectivity index (χ4v) is 9.94. The molecule has 0 N–H and O–H groups in total. The highest BCUT2D eigenvalue weighted by molar-refractivity contribution is 6.27. The lowest BCUT2D eigenvalue weighted by Gasteiger charge is -2.14. The molecule has 2 nitrogen and oxygen atoms in total. The molecule has 0 fully saturated rings. The summed E-state index contributed by atoms with van der Waals surface area (Å²) in [5.41, 5.74) is 17.1. The Bertz CT molecular complexity index is 3520. The predicted octanol–water partition coefficient (Wildman–Crippen LogP) is 15.2. The molecule has 13 rings (SSSR count). The first-order valence-corrected chi connectivity index (χ1v) is 20.1. The number of fused-ring (bicyclic) bond motifs is 10. The second-order valence-corrected chi connectivity index (χ2v) is 15.7. The standard InChI is InChI=1S/C56H34N2/c1-3-13-37(14-4-1)45-25-29-51-55-53(45)47-33-43(41-21-19-35-11-7-9-17-39(35)31-41)23-27-49(47)57(55)52-30-26-46(38-15-5-2-6-16-38)54-48-34-44(24-28-50(48)58(51)56(52)54)42-22-20-36-12-8-10-18-40(36)32-42/h1-34H. The zero-order chi connectivity index (χ0) is 37.9. The number of nitrogens with zero attached hydrogens (tertiary/aromatic N) is 2. The van der Waals surface area contributed by atoms with E-state index in [9.17, 15) is 0 Å². The molecule has 0 bridgehead atoms. The SMILES string of the molecule is c1ccc(-c2ccc3c4c2c2cc(-c5ccc6ccccc6c5)ccc2n4c2ccc(-c4ccccc4)c4c5cc(-c6ccc7ccccc7c6)ccc5n3c42)cc1. The maximum Gasteiger partial charge on any atom is 0.0789 e. The molecule has 13 aromatic rings. The van der Waals surface area contributed by atoms with Crippen LogP contribution in [0.4, 0.5) is 0 Å². The van der Waals surface area contributed by atoms with E-state index in [2.05, 4.69) is 215 Å². The van der Waals surface area contributed by atoms with Crippen LogP contribution in [0.15, 0.2) is 206 Å². The minimum atomic E-state index is 1.20. The Morgan fingerprint density at radius 1 is 0.241 bits per heavy atom. The number of benzene rings is 10. The smallest absolute Gasteiger partial charge is 0.0789 e. The third-order valence-electron chi connectivity index (χ3n) is 12.6. The topological polar surface area (TPSA) is 8.82 Å². The van der Waals surface area contributed by atoms with Crippen LogP contribution in [-0.2, 0) is 0 Å². The van der Waals surface area contributed by atoms with Crippen molar-refractivity contribution in [2.75, 3.05) is 0 Å². The monoisotopic (exact) mass is 734 g/mol. The number of rotatable bonds is 4. The Labute approximate surface area is 334 Å².